The van der Waals surface area contributed by atoms with Gasteiger partial charge in [0, 0.05) is 18.7 Å². The summed E-state index contributed by atoms with van der Waals surface area (Å²) in [6, 6.07) is 7.83. The molecule has 2 rings (SSSR count). The monoisotopic (exact) mass is 278 g/mol. The van der Waals surface area contributed by atoms with E-state index in [1.165, 1.54) is 29.9 Å². The Labute approximate surface area is 119 Å². The molecule has 0 radical (unpaired) electrons. The van der Waals surface area contributed by atoms with Gasteiger partial charge < -0.3 is 11.1 Å². The number of nitrogens with two attached hydrogens (primary N) is 1. The average molecular weight is 278 g/mol. The van der Waals surface area contributed by atoms with Crippen LogP contribution < -0.4 is 11.1 Å². The molecule has 4 heteroatoms. The average Bonchev–Trinajstić information content (AvgIpc) is 2.42. The summed E-state index contributed by atoms with van der Waals surface area (Å²) in [5.41, 5.74) is 7.63. The number of carbonyl (C=O) groups is 1. The van der Waals surface area contributed by atoms with Gasteiger partial charge in [-0.05, 0) is 54.4 Å². The van der Waals surface area contributed by atoms with Gasteiger partial charge in [0.15, 0.2) is 0 Å². The highest BCUT2D eigenvalue weighted by molar-refractivity contribution is 7.99. The minimum atomic E-state index is 0.201. The van der Waals surface area contributed by atoms with Crippen LogP contribution in [0.2, 0.25) is 0 Å². The predicted octanol–water partition coefficient (Wildman–Crippen LogP) is 2.46. The lowest BCUT2D eigenvalue weighted by atomic mass is 9.98. The maximum atomic E-state index is 11.8. The Kier molecular flexibility index (Phi) is 5.58. The van der Waals surface area contributed by atoms with E-state index in [9.17, 15) is 4.79 Å². The lowest BCUT2D eigenvalue weighted by Crippen LogP contribution is -2.28. The molecule has 1 aliphatic heterocycles. The van der Waals surface area contributed by atoms with Crippen LogP contribution in [0.15, 0.2) is 24.3 Å². The van der Waals surface area contributed by atoms with Crippen molar-refractivity contribution in [1.82, 2.24) is 5.32 Å². The number of anilines is 1. The molecule has 0 atom stereocenters. The Morgan fingerprint density at radius 2 is 1.95 bits per heavy atom. The van der Waals surface area contributed by atoms with Crippen molar-refractivity contribution in [3.05, 3.63) is 29.8 Å². The number of thioether (sulfide) groups is 1. The lowest BCUT2D eigenvalue weighted by Gasteiger charge is -2.20. The molecule has 1 aromatic carbocycles. The molecule has 0 bridgehead atoms. The number of amides is 1. The van der Waals surface area contributed by atoms with Crippen molar-refractivity contribution in [2.75, 3.05) is 23.8 Å². The fourth-order valence-corrected chi connectivity index (χ4v) is 3.52. The van der Waals surface area contributed by atoms with Gasteiger partial charge in [0.1, 0.15) is 0 Å². The number of rotatable bonds is 5. The Bertz CT molecular complexity index is 399. The predicted molar refractivity (Wildman–Crippen MR) is 82.2 cm³/mol. The summed E-state index contributed by atoms with van der Waals surface area (Å²) in [6.07, 6.45) is 3.95. The van der Waals surface area contributed by atoms with E-state index in [1.807, 2.05) is 36.0 Å². The van der Waals surface area contributed by atoms with Gasteiger partial charge in [0.05, 0.1) is 0 Å². The standard InChI is InChI=1S/C15H22N2OS/c16-14-3-1-12(2-4-14)5-8-17-15(18)11-13-6-9-19-10-7-13/h1-4,13H,5-11,16H2,(H,17,18). The quantitative estimate of drug-likeness (QED) is 0.814. The van der Waals surface area contributed by atoms with E-state index < -0.39 is 0 Å². The summed E-state index contributed by atoms with van der Waals surface area (Å²) in [7, 11) is 0. The van der Waals surface area contributed by atoms with Gasteiger partial charge in [-0.3, -0.25) is 4.79 Å². The van der Waals surface area contributed by atoms with Crippen molar-refractivity contribution in [2.24, 2.45) is 5.92 Å². The van der Waals surface area contributed by atoms with Crippen molar-refractivity contribution >= 4 is 23.4 Å². The van der Waals surface area contributed by atoms with Crippen LogP contribution in [0, 0.1) is 5.92 Å². The smallest absolute Gasteiger partial charge is 0.220 e. The molecule has 0 saturated carbocycles. The van der Waals surface area contributed by atoms with E-state index in [2.05, 4.69) is 5.32 Å². The topological polar surface area (TPSA) is 55.1 Å². The highest BCUT2D eigenvalue weighted by atomic mass is 32.2. The van der Waals surface area contributed by atoms with Crippen LogP contribution in [-0.2, 0) is 11.2 Å². The summed E-state index contributed by atoms with van der Waals surface area (Å²) in [6.45, 7) is 0.713. The molecule has 3 nitrogen and oxygen atoms in total. The SMILES string of the molecule is Nc1ccc(CCNC(=O)CC2CCSCC2)cc1. The molecule has 1 aliphatic rings. The molecule has 1 saturated heterocycles. The third-order valence-corrected chi connectivity index (χ3v) is 4.58. The second-order valence-corrected chi connectivity index (χ2v) is 6.33. The molecule has 1 amide bonds. The van der Waals surface area contributed by atoms with Crippen LogP contribution in [-0.4, -0.2) is 24.0 Å². The zero-order valence-corrected chi connectivity index (χ0v) is 12.0. The second-order valence-electron chi connectivity index (χ2n) is 5.10. The first-order chi connectivity index (χ1) is 9.24. The van der Waals surface area contributed by atoms with E-state index in [0.717, 1.165) is 12.1 Å². The van der Waals surface area contributed by atoms with Gasteiger partial charge in [-0.1, -0.05) is 12.1 Å². The number of nitrogens with one attached hydrogen (secondary N) is 1. The van der Waals surface area contributed by atoms with Crippen molar-refractivity contribution in [3.63, 3.8) is 0 Å². The molecule has 19 heavy (non-hydrogen) atoms. The van der Waals surface area contributed by atoms with Gasteiger partial charge >= 0.3 is 0 Å². The molecule has 0 aliphatic carbocycles. The van der Waals surface area contributed by atoms with Crippen molar-refractivity contribution in [2.45, 2.75) is 25.7 Å². The number of hydrogen-bond donors (Lipinski definition) is 2. The lowest BCUT2D eigenvalue weighted by molar-refractivity contribution is -0.122. The van der Waals surface area contributed by atoms with E-state index in [4.69, 9.17) is 5.73 Å². The van der Waals surface area contributed by atoms with Crippen molar-refractivity contribution in [1.29, 1.82) is 0 Å². The normalized spacial score (nSPS) is 16.2. The molecule has 104 valence electrons. The van der Waals surface area contributed by atoms with Crippen LogP contribution in [0.4, 0.5) is 5.69 Å². The molecule has 0 aromatic heterocycles. The highest BCUT2D eigenvalue weighted by Crippen LogP contribution is 2.24. The maximum Gasteiger partial charge on any atom is 0.220 e. The summed E-state index contributed by atoms with van der Waals surface area (Å²) >= 11 is 2.00. The number of hydrogen-bond acceptors (Lipinski definition) is 3. The Morgan fingerprint density at radius 3 is 2.63 bits per heavy atom. The number of benzene rings is 1. The summed E-state index contributed by atoms with van der Waals surface area (Å²) in [4.78, 5) is 11.8. The number of carbonyl (C=O) groups excluding carboxylic acids is 1. The zero-order valence-electron chi connectivity index (χ0n) is 11.2. The molecular weight excluding hydrogens is 256 g/mol. The van der Waals surface area contributed by atoms with Crippen LogP contribution in [0.5, 0.6) is 0 Å². The molecule has 1 aromatic rings. The fourth-order valence-electron chi connectivity index (χ4n) is 2.32. The van der Waals surface area contributed by atoms with E-state index in [0.29, 0.717) is 18.9 Å². The third-order valence-electron chi connectivity index (χ3n) is 3.53. The van der Waals surface area contributed by atoms with Gasteiger partial charge in [0.2, 0.25) is 5.91 Å². The summed E-state index contributed by atoms with van der Waals surface area (Å²) in [5, 5.41) is 3.02. The molecule has 0 unspecified atom stereocenters. The minimum absolute atomic E-state index is 0.201. The van der Waals surface area contributed by atoms with Gasteiger partial charge in [-0.25, -0.2) is 0 Å². The summed E-state index contributed by atoms with van der Waals surface area (Å²) in [5.74, 6) is 3.22. The van der Waals surface area contributed by atoms with Crippen LogP contribution >= 0.6 is 11.8 Å². The van der Waals surface area contributed by atoms with E-state index >= 15 is 0 Å². The molecule has 0 spiro atoms. The Balaban J connectivity index is 1.64. The number of nitrogen functional groups attached to an aromatic ring is 1. The summed E-state index contributed by atoms with van der Waals surface area (Å²) < 4.78 is 0. The zero-order chi connectivity index (χ0) is 13.5. The van der Waals surface area contributed by atoms with Crippen LogP contribution in [0.1, 0.15) is 24.8 Å². The van der Waals surface area contributed by atoms with Crippen LogP contribution in [0.3, 0.4) is 0 Å². The second kappa shape index (κ2) is 7.43. The Hall–Kier alpha value is -1.16. The van der Waals surface area contributed by atoms with E-state index in [1.54, 1.807) is 0 Å². The van der Waals surface area contributed by atoms with Gasteiger partial charge in [-0.2, -0.15) is 11.8 Å². The van der Waals surface area contributed by atoms with Crippen LogP contribution in [0.25, 0.3) is 0 Å². The van der Waals surface area contributed by atoms with E-state index in [-0.39, 0.29) is 5.91 Å². The van der Waals surface area contributed by atoms with Crippen molar-refractivity contribution < 1.29 is 4.79 Å². The fraction of sp³-hybridized carbons (Fsp3) is 0.533. The first-order valence-corrected chi connectivity index (χ1v) is 8.08. The first-order valence-electron chi connectivity index (χ1n) is 6.93. The molecule has 1 heterocycles. The van der Waals surface area contributed by atoms with Gasteiger partial charge in [-0.15, -0.1) is 0 Å². The third kappa shape index (κ3) is 5.15. The maximum absolute atomic E-state index is 11.8. The van der Waals surface area contributed by atoms with Crippen molar-refractivity contribution in [3.8, 4) is 0 Å². The largest absolute Gasteiger partial charge is 0.399 e. The highest BCUT2D eigenvalue weighted by Gasteiger charge is 2.16. The first kappa shape index (κ1) is 14.3. The van der Waals surface area contributed by atoms with Gasteiger partial charge in [0.25, 0.3) is 0 Å². The minimum Gasteiger partial charge on any atom is -0.399 e. The molecule has 1 fully saturated rings. The molecular formula is C15H22N2OS. The Morgan fingerprint density at radius 1 is 1.26 bits per heavy atom. The molecule has 3 N–H and O–H groups in total.